The summed E-state index contributed by atoms with van der Waals surface area (Å²) in [6.45, 7) is 1.79. The van der Waals surface area contributed by atoms with E-state index < -0.39 is 29.3 Å². The number of fused-ring (bicyclic) bond motifs is 3. The molecular weight excluding hydrogens is 678 g/mol. The molecule has 0 N–H and O–H groups in total. The molecule has 0 radical (unpaired) electrons. The smallest absolute Gasteiger partial charge is 0.319 e. The Kier molecular flexibility index (Phi) is 8.55. The predicted molar refractivity (Wildman–Crippen MR) is 188 cm³/mol. The zero-order valence-electron chi connectivity index (χ0n) is 27.7. The highest BCUT2D eigenvalue weighted by molar-refractivity contribution is 7.10. The Labute approximate surface area is 295 Å². The van der Waals surface area contributed by atoms with Crippen LogP contribution in [0.1, 0.15) is 36.3 Å². The predicted octanol–water partition coefficient (Wildman–Crippen LogP) is 6.32. The van der Waals surface area contributed by atoms with Crippen molar-refractivity contribution in [1.29, 1.82) is 5.26 Å². The number of hydrogen-bond acceptors (Lipinski definition) is 10. The molecule has 1 amide bonds. The van der Waals surface area contributed by atoms with E-state index in [9.17, 15) is 18.8 Å². The Bertz CT molecular complexity index is 2220. The van der Waals surface area contributed by atoms with E-state index in [2.05, 4.69) is 25.9 Å². The summed E-state index contributed by atoms with van der Waals surface area (Å²) in [5, 5.41) is 13.6. The average Bonchev–Trinajstić information content (AvgIpc) is 3.96. The number of ether oxygens (including phenoxy) is 1. The minimum atomic E-state index is -0.951. The topological polar surface area (TPSA) is 111 Å². The SMILES string of the molecule is CN(c1nc(OC[C@@]23CCCN2C[C@H](F)C3)nc2c(F)c(-c3cccc4cccc(C#N)c34)ncc12)[C@@H]1CCN(C(=O)/C(F)=C/c2nccs2)C1. The normalized spacial score (nSPS) is 22.1. The van der Waals surface area contributed by atoms with Crippen LogP contribution >= 0.6 is 11.3 Å². The van der Waals surface area contributed by atoms with Crippen molar-refractivity contribution >= 4 is 50.8 Å². The monoisotopic (exact) mass is 710 g/mol. The first-order valence-corrected chi connectivity index (χ1v) is 17.7. The fourth-order valence-corrected chi connectivity index (χ4v) is 8.42. The first-order valence-electron chi connectivity index (χ1n) is 16.8. The number of carbonyl (C=O) groups excluding carboxylic acids is 1. The molecule has 0 unspecified atom stereocenters. The van der Waals surface area contributed by atoms with Gasteiger partial charge in [-0.15, -0.1) is 11.3 Å². The van der Waals surface area contributed by atoms with Gasteiger partial charge in [0, 0.05) is 73.9 Å². The molecule has 3 aromatic heterocycles. The molecule has 3 aliphatic heterocycles. The third-order valence-electron chi connectivity index (χ3n) is 10.4. The fraction of sp³-hybridized carbons (Fsp3) is 0.351. The fourth-order valence-electron chi connectivity index (χ4n) is 7.86. The largest absolute Gasteiger partial charge is 0.461 e. The summed E-state index contributed by atoms with van der Waals surface area (Å²) in [5.41, 5.74) is 0.337. The maximum atomic E-state index is 16.9. The number of alkyl halides is 1. The van der Waals surface area contributed by atoms with Crippen LogP contribution in [0, 0.1) is 17.1 Å². The van der Waals surface area contributed by atoms with Gasteiger partial charge in [-0.3, -0.25) is 14.7 Å². The number of benzene rings is 2. The van der Waals surface area contributed by atoms with E-state index in [1.807, 2.05) is 17.0 Å². The zero-order valence-corrected chi connectivity index (χ0v) is 28.5. The van der Waals surface area contributed by atoms with Crippen molar-refractivity contribution < 1.29 is 22.7 Å². The molecule has 260 valence electrons. The van der Waals surface area contributed by atoms with Crippen molar-refractivity contribution in [1.82, 2.24) is 29.7 Å². The lowest BCUT2D eigenvalue weighted by Crippen LogP contribution is -2.43. The molecule has 14 heteroatoms. The van der Waals surface area contributed by atoms with Gasteiger partial charge in [-0.25, -0.2) is 18.2 Å². The summed E-state index contributed by atoms with van der Waals surface area (Å²) in [6.07, 6.45) is 5.79. The van der Waals surface area contributed by atoms with Crippen molar-refractivity contribution in [3.05, 3.63) is 76.4 Å². The van der Waals surface area contributed by atoms with E-state index in [0.717, 1.165) is 30.8 Å². The van der Waals surface area contributed by atoms with Crippen LogP contribution in [0.15, 0.2) is 60.0 Å². The number of aromatic nitrogens is 4. The van der Waals surface area contributed by atoms with Gasteiger partial charge in [0.05, 0.1) is 22.6 Å². The highest BCUT2D eigenvalue weighted by atomic mass is 32.1. The highest BCUT2D eigenvalue weighted by Crippen LogP contribution is 2.41. The second kappa shape index (κ2) is 13.2. The van der Waals surface area contributed by atoms with Crippen molar-refractivity contribution in [2.24, 2.45) is 0 Å². The van der Waals surface area contributed by atoms with Gasteiger partial charge in [0.1, 0.15) is 34.8 Å². The van der Waals surface area contributed by atoms with Crippen molar-refractivity contribution in [3.63, 3.8) is 0 Å². The Morgan fingerprint density at radius 1 is 1.20 bits per heavy atom. The van der Waals surface area contributed by atoms with Gasteiger partial charge in [-0.2, -0.15) is 15.2 Å². The van der Waals surface area contributed by atoms with Crippen LogP contribution in [-0.2, 0) is 4.79 Å². The number of nitriles is 1. The Hall–Kier alpha value is -5.13. The van der Waals surface area contributed by atoms with Crippen molar-refractivity contribution in [3.8, 4) is 23.3 Å². The van der Waals surface area contributed by atoms with Gasteiger partial charge in [0.2, 0.25) is 0 Å². The number of halogens is 3. The standard InChI is InChI=1S/C37H33F3N8O2S/c1-46(25-9-13-47(20-25)35(49)28(39)15-29-42-11-14-51-29)34-27-18-43-32(26-8-3-6-22-5-2-7-23(17-41)30(22)26)31(40)33(27)44-36(45-34)50-21-37-10-4-12-48(37)19-24(38)16-37/h2-3,5-8,11,14-15,18,24-25H,4,9-10,12-13,16,19-21H2,1H3/b28-15-/t24-,25-,37+/m1/s1. The third kappa shape index (κ3) is 5.94. The lowest BCUT2D eigenvalue weighted by atomic mass is 9.95. The first kappa shape index (κ1) is 33.0. The van der Waals surface area contributed by atoms with E-state index in [1.54, 1.807) is 42.9 Å². The number of rotatable bonds is 8. The number of likely N-dealkylation sites (tertiary alicyclic amines) is 1. The Morgan fingerprint density at radius 2 is 2.04 bits per heavy atom. The summed E-state index contributed by atoms with van der Waals surface area (Å²) in [4.78, 5) is 36.3. The molecule has 3 fully saturated rings. The Morgan fingerprint density at radius 3 is 2.84 bits per heavy atom. The molecule has 3 saturated heterocycles. The number of thiazole rings is 1. The lowest BCUT2D eigenvalue weighted by molar-refractivity contribution is -0.127. The lowest BCUT2D eigenvalue weighted by Gasteiger charge is -2.31. The van der Waals surface area contributed by atoms with Gasteiger partial charge in [0.25, 0.3) is 5.91 Å². The molecule has 6 heterocycles. The molecule has 0 bridgehead atoms. The molecule has 0 saturated carbocycles. The molecule has 2 aromatic carbocycles. The third-order valence-corrected chi connectivity index (χ3v) is 11.1. The molecule has 5 aromatic rings. The number of pyridine rings is 1. The number of anilines is 1. The zero-order chi connectivity index (χ0) is 35.3. The quantitative estimate of drug-likeness (QED) is 0.171. The number of likely N-dealkylation sites (N-methyl/N-ethyl adjacent to an activating group) is 1. The summed E-state index contributed by atoms with van der Waals surface area (Å²) in [6, 6.07) is 12.5. The van der Waals surface area contributed by atoms with E-state index in [0.29, 0.717) is 58.7 Å². The molecule has 8 rings (SSSR count). The number of nitrogens with zero attached hydrogens (tertiary/aromatic N) is 8. The van der Waals surface area contributed by atoms with Gasteiger partial charge in [-0.05, 0) is 37.3 Å². The van der Waals surface area contributed by atoms with Crippen molar-refractivity contribution in [2.75, 3.05) is 44.7 Å². The van der Waals surface area contributed by atoms with E-state index in [4.69, 9.17) is 9.72 Å². The number of amides is 1. The highest BCUT2D eigenvalue weighted by Gasteiger charge is 2.49. The van der Waals surface area contributed by atoms with Crippen LogP contribution in [0.5, 0.6) is 6.01 Å². The van der Waals surface area contributed by atoms with E-state index in [1.165, 1.54) is 22.4 Å². The van der Waals surface area contributed by atoms with Crippen LogP contribution in [0.4, 0.5) is 19.0 Å². The molecule has 3 atom stereocenters. The summed E-state index contributed by atoms with van der Waals surface area (Å²) in [7, 11) is 1.78. The van der Waals surface area contributed by atoms with Crippen LogP contribution in [-0.4, -0.2) is 93.2 Å². The second-order valence-corrected chi connectivity index (χ2v) is 14.3. The molecule has 0 spiro atoms. The van der Waals surface area contributed by atoms with Crippen LogP contribution in [0.2, 0.25) is 0 Å². The van der Waals surface area contributed by atoms with Crippen molar-refractivity contribution in [2.45, 2.75) is 43.4 Å². The Balaban J connectivity index is 1.17. The number of hydrogen-bond donors (Lipinski definition) is 0. The van der Waals surface area contributed by atoms with Gasteiger partial charge < -0.3 is 14.5 Å². The second-order valence-electron chi connectivity index (χ2n) is 13.4. The molecule has 51 heavy (non-hydrogen) atoms. The van der Waals surface area contributed by atoms with Gasteiger partial charge >= 0.3 is 6.01 Å². The minimum Gasteiger partial charge on any atom is -0.461 e. The maximum absolute atomic E-state index is 16.9. The number of carbonyl (C=O) groups is 1. The molecular formula is C37H33F3N8O2S. The summed E-state index contributed by atoms with van der Waals surface area (Å²) in [5.74, 6) is -2.01. The average molecular weight is 711 g/mol. The van der Waals surface area contributed by atoms with Crippen LogP contribution < -0.4 is 9.64 Å². The summed E-state index contributed by atoms with van der Waals surface area (Å²) < 4.78 is 52.6. The minimum absolute atomic E-state index is 0.0193. The van der Waals surface area contributed by atoms with Gasteiger partial charge in [0.15, 0.2) is 11.6 Å². The molecule has 3 aliphatic rings. The van der Waals surface area contributed by atoms with Crippen LogP contribution in [0.25, 0.3) is 39.0 Å². The van der Waals surface area contributed by atoms with Gasteiger partial charge in [-0.1, -0.05) is 30.3 Å². The maximum Gasteiger partial charge on any atom is 0.319 e. The van der Waals surface area contributed by atoms with E-state index >= 15 is 4.39 Å². The molecule has 0 aliphatic carbocycles. The molecule has 10 nitrogen and oxygen atoms in total. The first-order chi connectivity index (χ1) is 24.7. The summed E-state index contributed by atoms with van der Waals surface area (Å²) >= 11 is 1.23. The van der Waals surface area contributed by atoms with Crippen LogP contribution in [0.3, 0.4) is 0 Å². The van der Waals surface area contributed by atoms with E-state index in [-0.39, 0.29) is 36.4 Å².